The maximum atomic E-state index is 12.5. The number of ether oxygens (including phenoxy) is 1. The minimum Gasteiger partial charge on any atom is -0.461 e. The van der Waals surface area contributed by atoms with Crippen molar-refractivity contribution in [3.8, 4) is 0 Å². The molecule has 0 aliphatic carbocycles. The van der Waals surface area contributed by atoms with Gasteiger partial charge in [-0.2, -0.15) is 17.4 Å². The summed E-state index contributed by atoms with van der Waals surface area (Å²) in [7, 11) is -4.20. The van der Waals surface area contributed by atoms with Gasteiger partial charge in [0.1, 0.15) is 12.6 Å². The minimum atomic E-state index is -4.20. The van der Waals surface area contributed by atoms with Crippen LogP contribution < -0.4 is 4.72 Å². The number of carbonyl (C=O) groups excluding carboxylic acids is 2. The normalized spacial score (nSPS) is 20.5. The Morgan fingerprint density at radius 3 is 2.57 bits per heavy atom. The number of nitrogens with one attached hydrogen (secondary N) is 1. The molecule has 114 valence electrons. The van der Waals surface area contributed by atoms with Crippen LogP contribution in [0.25, 0.3) is 0 Å². The Bertz CT molecular complexity index is 634. The van der Waals surface area contributed by atoms with Crippen LogP contribution in [0.15, 0.2) is 30.3 Å². The summed E-state index contributed by atoms with van der Waals surface area (Å²) in [6.45, 7) is -1.45. The summed E-state index contributed by atoms with van der Waals surface area (Å²) < 4.78 is 42.1. The third-order valence-electron chi connectivity index (χ3n) is 2.85. The number of amides is 1. The Balaban J connectivity index is 1.90. The number of hydrogen-bond acceptors (Lipinski definition) is 5. The summed E-state index contributed by atoms with van der Waals surface area (Å²) in [5.41, 5.74) is 0.759. The van der Waals surface area contributed by atoms with Crippen molar-refractivity contribution in [2.75, 3.05) is 6.80 Å². The number of esters is 1. The van der Waals surface area contributed by atoms with Gasteiger partial charge in [-0.3, -0.25) is 9.59 Å². The monoisotopic (exact) mass is 316 g/mol. The van der Waals surface area contributed by atoms with Crippen molar-refractivity contribution in [3.05, 3.63) is 35.9 Å². The van der Waals surface area contributed by atoms with Gasteiger partial charge in [0.15, 0.2) is 6.80 Å². The van der Waals surface area contributed by atoms with E-state index in [0.29, 0.717) is 0 Å². The zero-order valence-corrected chi connectivity index (χ0v) is 11.7. The fourth-order valence-corrected chi connectivity index (χ4v) is 2.97. The number of alkyl halides is 1. The predicted molar refractivity (Wildman–Crippen MR) is 69.5 cm³/mol. The summed E-state index contributed by atoms with van der Waals surface area (Å²) in [4.78, 5) is 23.2. The first-order chi connectivity index (χ1) is 9.94. The molecule has 1 unspecified atom stereocenters. The highest BCUT2D eigenvalue weighted by Crippen LogP contribution is 2.15. The highest BCUT2D eigenvalue weighted by Gasteiger charge is 2.44. The summed E-state index contributed by atoms with van der Waals surface area (Å²) in [5, 5.41) is 0. The van der Waals surface area contributed by atoms with Crippen molar-refractivity contribution in [2.45, 2.75) is 19.1 Å². The minimum absolute atomic E-state index is 0.0140. The summed E-state index contributed by atoms with van der Waals surface area (Å²) in [6, 6.07) is 7.54. The molecule has 1 aliphatic rings. The van der Waals surface area contributed by atoms with Gasteiger partial charge in [-0.1, -0.05) is 30.3 Å². The molecule has 0 spiro atoms. The van der Waals surface area contributed by atoms with Gasteiger partial charge in [-0.05, 0) is 5.56 Å². The largest absolute Gasteiger partial charge is 0.461 e. The van der Waals surface area contributed by atoms with Crippen LogP contribution in [0.1, 0.15) is 12.0 Å². The molecule has 1 aromatic rings. The Labute approximate surface area is 120 Å². The first-order valence-corrected chi connectivity index (χ1v) is 7.47. The van der Waals surface area contributed by atoms with E-state index < -0.39 is 41.3 Å². The predicted octanol–water partition coefficient (Wildman–Crippen LogP) is 0.0921. The lowest BCUT2D eigenvalue weighted by atomic mass is 10.2. The molecule has 0 bridgehead atoms. The third kappa shape index (κ3) is 3.56. The Hall–Kier alpha value is -2.00. The standard InChI is InChI=1S/C12H13FN2O5S/c13-8-15-12(17)10(14-21(15,18)19)6-11(16)20-7-9-4-2-1-3-5-9/h1-5,10,14H,6-8H2. The van der Waals surface area contributed by atoms with Gasteiger partial charge in [0.05, 0.1) is 6.42 Å². The molecular formula is C12H13FN2O5S. The maximum absolute atomic E-state index is 12.5. The quantitative estimate of drug-likeness (QED) is 0.614. The molecule has 1 fully saturated rings. The molecule has 2 rings (SSSR count). The number of hydrogen-bond donors (Lipinski definition) is 1. The van der Waals surface area contributed by atoms with Crippen molar-refractivity contribution in [1.29, 1.82) is 0 Å². The number of benzene rings is 1. The smallest absolute Gasteiger partial charge is 0.308 e. The molecule has 1 N–H and O–H groups in total. The van der Waals surface area contributed by atoms with Gasteiger partial charge in [-0.15, -0.1) is 0 Å². The fourth-order valence-electron chi connectivity index (χ4n) is 1.80. The molecule has 1 heterocycles. The van der Waals surface area contributed by atoms with E-state index in [9.17, 15) is 22.4 Å². The molecule has 0 aromatic heterocycles. The van der Waals surface area contributed by atoms with E-state index in [1.807, 2.05) is 10.8 Å². The topological polar surface area (TPSA) is 92.8 Å². The van der Waals surface area contributed by atoms with Crippen molar-refractivity contribution in [2.24, 2.45) is 0 Å². The Kier molecular flexibility index (Phi) is 4.53. The van der Waals surface area contributed by atoms with E-state index in [0.717, 1.165) is 5.56 Å². The number of nitrogens with zero attached hydrogens (tertiary/aromatic N) is 1. The molecule has 1 amide bonds. The SMILES string of the molecule is O=C(CC1NS(=O)(=O)N(CF)C1=O)OCc1ccccc1. The average molecular weight is 316 g/mol. The second-order valence-electron chi connectivity index (χ2n) is 4.33. The Morgan fingerprint density at radius 2 is 2.00 bits per heavy atom. The van der Waals surface area contributed by atoms with Crippen molar-refractivity contribution < 1.29 is 27.1 Å². The second-order valence-corrected chi connectivity index (χ2v) is 5.96. The van der Waals surface area contributed by atoms with Crippen molar-refractivity contribution in [1.82, 2.24) is 9.03 Å². The Morgan fingerprint density at radius 1 is 1.33 bits per heavy atom. The van der Waals surface area contributed by atoms with Crippen molar-refractivity contribution >= 4 is 22.1 Å². The zero-order chi connectivity index (χ0) is 15.5. The lowest BCUT2D eigenvalue weighted by Gasteiger charge is -2.08. The number of carbonyl (C=O) groups is 2. The first-order valence-electron chi connectivity index (χ1n) is 6.03. The molecule has 9 heteroatoms. The molecule has 21 heavy (non-hydrogen) atoms. The van der Waals surface area contributed by atoms with Gasteiger partial charge >= 0.3 is 16.2 Å². The van der Waals surface area contributed by atoms with Crippen LogP contribution >= 0.6 is 0 Å². The van der Waals surface area contributed by atoms with Gasteiger partial charge in [0.25, 0.3) is 5.91 Å². The molecule has 0 radical (unpaired) electrons. The fraction of sp³-hybridized carbons (Fsp3) is 0.333. The van der Waals surface area contributed by atoms with Crippen LogP contribution in [0.4, 0.5) is 4.39 Å². The lowest BCUT2D eigenvalue weighted by Crippen LogP contribution is -2.32. The van der Waals surface area contributed by atoms with Crippen LogP contribution in [0.2, 0.25) is 0 Å². The number of rotatable bonds is 5. The summed E-state index contributed by atoms with van der Waals surface area (Å²) in [6.07, 6.45) is -0.485. The van der Waals surface area contributed by atoms with Crippen LogP contribution in [0.3, 0.4) is 0 Å². The summed E-state index contributed by atoms with van der Waals surface area (Å²) in [5.74, 6) is -1.75. The van der Waals surface area contributed by atoms with Gasteiger partial charge in [-0.25, -0.2) is 4.39 Å². The van der Waals surface area contributed by atoms with E-state index in [1.165, 1.54) is 0 Å². The molecule has 7 nitrogen and oxygen atoms in total. The highest BCUT2D eigenvalue weighted by molar-refractivity contribution is 7.88. The first kappa shape index (κ1) is 15.4. The van der Waals surface area contributed by atoms with E-state index in [-0.39, 0.29) is 10.9 Å². The van der Waals surface area contributed by atoms with Crippen LogP contribution in [0, 0.1) is 0 Å². The van der Waals surface area contributed by atoms with E-state index in [4.69, 9.17) is 4.74 Å². The third-order valence-corrected chi connectivity index (χ3v) is 4.29. The van der Waals surface area contributed by atoms with E-state index >= 15 is 0 Å². The van der Waals surface area contributed by atoms with Gasteiger partial charge < -0.3 is 4.74 Å². The van der Waals surface area contributed by atoms with Gasteiger partial charge in [0.2, 0.25) is 0 Å². The molecule has 1 aromatic carbocycles. The second kappa shape index (κ2) is 6.19. The maximum Gasteiger partial charge on any atom is 0.308 e. The zero-order valence-electron chi connectivity index (χ0n) is 10.9. The molecule has 1 saturated heterocycles. The molecule has 1 aliphatic heterocycles. The van der Waals surface area contributed by atoms with Gasteiger partial charge in [0, 0.05) is 0 Å². The molecular weight excluding hydrogens is 303 g/mol. The van der Waals surface area contributed by atoms with Crippen LogP contribution in [-0.2, 0) is 31.1 Å². The van der Waals surface area contributed by atoms with Crippen LogP contribution in [0.5, 0.6) is 0 Å². The van der Waals surface area contributed by atoms with Crippen LogP contribution in [-0.4, -0.2) is 37.4 Å². The summed E-state index contributed by atoms with van der Waals surface area (Å²) >= 11 is 0. The molecule has 0 saturated carbocycles. The number of halogens is 1. The van der Waals surface area contributed by atoms with E-state index in [1.54, 1.807) is 24.3 Å². The average Bonchev–Trinajstić information content (AvgIpc) is 2.66. The highest BCUT2D eigenvalue weighted by atomic mass is 32.2. The molecule has 1 atom stereocenters. The lowest BCUT2D eigenvalue weighted by molar-refractivity contribution is -0.147. The van der Waals surface area contributed by atoms with E-state index in [2.05, 4.69) is 0 Å². The van der Waals surface area contributed by atoms with Crippen molar-refractivity contribution in [3.63, 3.8) is 0 Å².